The number of esters is 3. The Bertz CT molecular complexity index is 3070. The number of carbonyl (C=O) groups excluding carboxylic acids is 6. The Morgan fingerprint density at radius 3 is 0.901 bits per heavy atom. The van der Waals surface area contributed by atoms with Gasteiger partial charge in [-0.2, -0.15) is 0 Å². The SMILES string of the molecule is CC(=O)OCC1=C(C(=O)O)N2C(=O)[C@@H](N=C([O-])COc3cc(OCC([O-])=N[C@@H]4C(=O)N5C(C(=O)O)=C(COC(C)=O)CS(=O)(=O)[C@H]45)cc(OCC([O-])=N[C@@H]4C(=O)N5C(C(=O)O)=C(COC(C)=O)CS(=O)(=O)[C@H]45)c3)[C@H]2S(=O)(=O)C1.[K+].[K+].[K+]. The molecule has 0 spiro atoms. The van der Waals surface area contributed by atoms with E-state index in [1.54, 1.807) is 0 Å². The average molecular weight is 1270 g/mol. The molecule has 33 nitrogen and oxygen atoms in total. The van der Waals surface area contributed by atoms with E-state index in [0.717, 1.165) is 39.0 Å². The minimum Gasteiger partial charge on any atom is -0.860 e. The van der Waals surface area contributed by atoms with Crippen molar-refractivity contribution in [2.24, 2.45) is 15.0 Å². The van der Waals surface area contributed by atoms with Crippen molar-refractivity contribution >= 4 is 101 Å². The number of benzene rings is 1. The zero-order valence-electron chi connectivity index (χ0n) is 43.1. The van der Waals surface area contributed by atoms with E-state index in [9.17, 15) is 99.0 Å². The summed E-state index contributed by atoms with van der Waals surface area (Å²) in [6.45, 7) is -2.86. The van der Waals surface area contributed by atoms with Crippen LogP contribution in [0.3, 0.4) is 0 Å². The molecule has 6 aliphatic rings. The Balaban J connectivity index is 0.00000470. The molecule has 39 heteroatoms. The molecule has 3 amide bonds. The van der Waals surface area contributed by atoms with Gasteiger partial charge in [-0.3, -0.25) is 58.4 Å². The number of aliphatic carboxylic acids is 3. The first-order valence-electron chi connectivity index (χ1n) is 22.0. The number of sulfone groups is 3. The number of ether oxygens (including phenoxy) is 6. The van der Waals surface area contributed by atoms with Crippen LogP contribution in [0.15, 0.2) is 67.0 Å². The van der Waals surface area contributed by atoms with Crippen LogP contribution in [-0.2, 0) is 86.9 Å². The van der Waals surface area contributed by atoms with Gasteiger partial charge in [-0.1, -0.05) is 0 Å². The molecule has 6 aliphatic heterocycles. The molecule has 3 N–H and O–H groups in total. The van der Waals surface area contributed by atoms with Crippen LogP contribution >= 0.6 is 0 Å². The molecule has 7 rings (SSSR count). The molecule has 0 aliphatic carbocycles. The maximum atomic E-state index is 13.2. The Kier molecular flexibility index (Phi) is 23.7. The second kappa shape index (κ2) is 27.5. The predicted octanol–water partition coefficient (Wildman–Crippen LogP) is -16.3. The molecule has 420 valence electrons. The normalized spacial score (nSPS) is 24.1. The quantitative estimate of drug-likeness (QED) is 0.0257. The van der Waals surface area contributed by atoms with Crippen LogP contribution in [0.25, 0.3) is 0 Å². The second-order valence-corrected chi connectivity index (χ2v) is 23.5. The van der Waals surface area contributed by atoms with Gasteiger partial charge < -0.3 is 59.1 Å². The fourth-order valence-corrected chi connectivity index (χ4v) is 14.6. The molecular formula is C42H39K3N6O27S3. The largest absolute Gasteiger partial charge is 1.00 e. The van der Waals surface area contributed by atoms with Gasteiger partial charge in [0.25, 0.3) is 17.7 Å². The van der Waals surface area contributed by atoms with Crippen LogP contribution in [0.2, 0.25) is 0 Å². The Morgan fingerprint density at radius 1 is 0.481 bits per heavy atom. The number of rotatable bonds is 21. The zero-order chi connectivity index (χ0) is 57.7. The van der Waals surface area contributed by atoms with Crippen LogP contribution in [0.4, 0.5) is 0 Å². The molecule has 0 radical (unpaired) electrons. The Labute approximate surface area is 584 Å². The molecule has 1 aromatic rings. The fraction of sp³-hybridized carbons (Fsp3) is 0.429. The summed E-state index contributed by atoms with van der Waals surface area (Å²) in [5, 5.41) is 62.9. The topological polar surface area (TPSA) is 488 Å². The van der Waals surface area contributed by atoms with Gasteiger partial charge >= 0.3 is 190 Å². The number of carboxylic acids is 3. The number of β-lactam (4-membered cyclic amide) rings is 3. The van der Waals surface area contributed by atoms with Crippen molar-refractivity contribution in [3.8, 4) is 17.2 Å². The first kappa shape index (κ1) is 69.7. The van der Waals surface area contributed by atoms with Crippen molar-refractivity contribution in [1.82, 2.24) is 14.7 Å². The van der Waals surface area contributed by atoms with Crippen LogP contribution in [0.5, 0.6) is 17.2 Å². The van der Waals surface area contributed by atoms with Crippen molar-refractivity contribution in [3.05, 3.63) is 52.0 Å². The third-order valence-corrected chi connectivity index (χ3v) is 17.6. The van der Waals surface area contributed by atoms with Crippen molar-refractivity contribution in [3.63, 3.8) is 0 Å². The van der Waals surface area contributed by atoms with Gasteiger partial charge in [-0.05, 0) is 17.7 Å². The number of nitrogens with zero attached hydrogens (tertiary/aromatic N) is 6. The molecule has 0 saturated carbocycles. The van der Waals surface area contributed by atoms with E-state index in [4.69, 9.17) is 28.4 Å². The van der Waals surface area contributed by atoms with Gasteiger partial charge in [0.15, 0.2) is 63.8 Å². The Hall–Kier alpha value is -3.76. The van der Waals surface area contributed by atoms with Gasteiger partial charge in [0.2, 0.25) is 0 Å². The number of fused-ring (bicyclic) bond motifs is 3. The summed E-state index contributed by atoms with van der Waals surface area (Å²) in [6.07, 6.45) is 0. The first-order chi connectivity index (χ1) is 36.3. The number of carboxylic acid groups (broad SMARTS) is 3. The van der Waals surface area contributed by atoms with Crippen LogP contribution in [0.1, 0.15) is 20.8 Å². The molecule has 0 bridgehead atoms. The number of amides is 3. The third-order valence-electron chi connectivity index (χ3n) is 11.7. The van der Waals surface area contributed by atoms with Crippen molar-refractivity contribution in [2.45, 2.75) is 55.0 Å². The molecule has 3 fully saturated rings. The maximum absolute atomic E-state index is 13.2. The smallest absolute Gasteiger partial charge is 0.860 e. The van der Waals surface area contributed by atoms with Crippen molar-refractivity contribution in [2.75, 3.05) is 56.9 Å². The number of aliphatic imine (C=N–C) groups is 3. The van der Waals surface area contributed by atoms with Crippen LogP contribution < -0.4 is 184 Å². The molecular weight excluding hydrogens is 1230 g/mol. The summed E-state index contributed by atoms with van der Waals surface area (Å²) >= 11 is 0. The van der Waals surface area contributed by atoms with Gasteiger partial charge in [0, 0.05) is 55.7 Å². The van der Waals surface area contributed by atoms with E-state index in [1.165, 1.54) is 0 Å². The van der Waals surface area contributed by atoms with Gasteiger partial charge in [-0.25, -0.2) is 39.6 Å². The Morgan fingerprint density at radius 2 is 0.704 bits per heavy atom. The summed E-state index contributed by atoms with van der Waals surface area (Å²) in [4.78, 5) is 122. The van der Waals surface area contributed by atoms with E-state index >= 15 is 0 Å². The fourth-order valence-electron chi connectivity index (χ4n) is 8.66. The standard InChI is InChI=1S/C42H42N6O27S3.3K/c1-16(49)70-7-19-13-76(64,65)37-28(34(55)46(37)31(19)40(58)59)43-25(52)10-73-22-4-23(74-11-26(53)44-29-35(56)47-32(41(60)61)20(8-71-17(2)50)14-77(66,67)38(29)47)6-24(5-22)75-12-27(54)45-30-36(57)48-33(42(62)63)21(9-72-18(3)51)15-78(68,69)39(30)48;;;/h4-6,28-30,37-39H,7-15H2,1-3H3,(H,43,52)(H,44,53)(H,45,54)(H,58,59)(H,60,61)(H,62,63);;;/q;3*+1/p-3/t28-,29-,30-,37-,38-,39-;;;/m1.../s1. The zero-order valence-corrected chi connectivity index (χ0v) is 54.9. The minimum atomic E-state index is -4.47. The van der Waals surface area contributed by atoms with Crippen LogP contribution in [0, 0.1) is 0 Å². The number of carbonyl (C=O) groups is 9. The summed E-state index contributed by atoms with van der Waals surface area (Å²) < 4.78 is 110. The molecule has 0 aromatic heterocycles. The van der Waals surface area contributed by atoms with E-state index in [1.807, 2.05) is 0 Å². The first-order valence-corrected chi connectivity index (χ1v) is 27.1. The summed E-state index contributed by atoms with van der Waals surface area (Å²) in [7, 11) is -13.4. The molecule has 6 atom stereocenters. The molecule has 1 aromatic carbocycles. The molecule has 0 unspecified atom stereocenters. The third kappa shape index (κ3) is 15.0. The van der Waals surface area contributed by atoms with Gasteiger partial charge in [0.1, 0.15) is 74.0 Å². The van der Waals surface area contributed by atoms with E-state index in [0.29, 0.717) is 14.7 Å². The molecule has 3 saturated heterocycles. The number of hydrogen-bond acceptors (Lipinski definition) is 27. The van der Waals surface area contributed by atoms with E-state index in [2.05, 4.69) is 15.0 Å². The van der Waals surface area contributed by atoms with Crippen LogP contribution in [-0.4, -0.2) is 218 Å². The van der Waals surface area contributed by atoms with Gasteiger partial charge in [0.05, 0.1) is 17.3 Å². The average Bonchev–Trinajstić information content (AvgIpc) is 3.33. The number of hydrogen-bond donors (Lipinski definition) is 3. The van der Waals surface area contributed by atoms with Crippen molar-refractivity contribution < 1.29 is 282 Å². The van der Waals surface area contributed by atoms with E-state index < -0.39 is 243 Å². The minimum absolute atomic E-state index is 0. The molecule has 6 heterocycles. The maximum Gasteiger partial charge on any atom is 1.00 e. The summed E-state index contributed by atoms with van der Waals surface area (Å²) in [5.41, 5.74) is -3.77. The van der Waals surface area contributed by atoms with E-state index in [-0.39, 0.29) is 154 Å². The van der Waals surface area contributed by atoms with Crippen molar-refractivity contribution in [1.29, 1.82) is 0 Å². The predicted molar refractivity (Wildman–Crippen MR) is 244 cm³/mol. The second-order valence-electron chi connectivity index (χ2n) is 17.2. The van der Waals surface area contributed by atoms with Gasteiger partial charge in [-0.15, -0.1) is 0 Å². The summed E-state index contributed by atoms with van der Waals surface area (Å²) in [6, 6.07) is -3.08. The monoisotopic (exact) mass is 1270 g/mol. The molecule has 81 heavy (non-hydrogen) atoms. The summed E-state index contributed by atoms with van der Waals surface area (Å²) in [5.74, 6) is -20.0.